The Balaban J connectivity index is 1.55. The third-order valence-corrected chi connectivity index (χ3v) is 5.71. The first kappa shape index (κ1) is 18.6. The number of halogens is 1. The Morgan fingerprint density at radius 1 is 0.640 bits per heavy atom. The van der Waals surface area contributed by atoms with Crippen LogP contribution in [0.25, 0.3) is 0 Å². The largest absolute Gasteiger partial charge is 0.351 e. The summed E-state index contributed by atoms with van der Waals surface area (Å²) in [6.45, 7) is 0. The zero-order chi connectivity index (χ0) is 17.6. The Morgan fingerprint density at radius 3 is 1.36 bits per heavy atom. The Morgan fingerprint density at radius 2 is 1.00 bits per heavy atom. The lowest BCUT2D eigenvalue weighted by atomic mass is 9.91. The quantitative estimate of drug-likeness (QED) is 0.614. The first-order valence-electron chi connectivity index (χ1n) is 9.45. The predicted molar refractivity (Wildman–Crippen MR) is 102 cm³/mol. The Bertz CT molecular complexity index is 496. The van der Waals surface area contributed by atoms with Gasteiger partial charge in [-0.1, -0.05) is 0 Å². The molecule has 7 nitrogen and oxygen atoms in total. The van der Waals surface area contributed by atoms with Crippen molar-refractivity contribution in [3.63, 3.8) is 0 Å². The van der Waals surface area contributed by atoms with Crippen molar-refractivity contribution in [2.45, 2.75) is 75.5 Å². The maximum atomic E-state index is 6.11. The minimum Gasteiger partial charge on any atom is -0.351 e. The van der Waals surface area contributed by atoms with Gasteiger partial charge >= 0.3 is 0 Å². The van der Waals surface area contributed by atoms with E-state index in [1.54, 1.807) is 0 Å². The third kappa shape index (κ3) is 5.39. The van der Waals surface area contributed by atoms with Crippen LogP contribution in [0, 0.1) is 0 Å². The van der Waals surface area contributed by atoms with Gasteiger partial charge in [-0.3, -0.25) is 0 Å². The number of nitrogens with zero attached hydrogens (tertiary/aromatic N) is 3. The van der Waals surface area contributed by atoms with Gasteiger partial charge in [0.25, 0.3) is 0 Å². The summed E-state index contributed by atoms with van der Waals surface area (Å²) in [6.07, 6.45) is 9.16. The molecule has 0 amide bonds. The molecular weight excluding hydrogens is 338 g/mol. The van der Waals surface area contributed by atoms with Gasteiger partial charge in [0, 0.05) is 24.2 Å². The Hall–Kier alpha value is -1.18. The number of hydrogen-bond donors (Lipinski definition) is 4. The molecule has 2 fully saturated rings. The van der Waals surface area contributed by atoms with E-state index >= 15 is 0 Å². The molecule has 2 saturated carbocycles. The van der Waals surface area contributed by atoms with E-state index in [2.05, 4.69) is 36.2 Å². The summed E-state index contributed by atoms with van der Waals surface area (Å²) in [5, 5.41) is 13.8. The van der Waals surface area contributed by atoms with Crippen molar-refractivity contribution in [1.29, 1.82) is 0 Å². The number of hydrogen-bond acceptors (Lipinski definition) is 7. The minimum absolute atomic E-state index is 0.243. The highest BCUT2D eigenvalue weighted by Crippen LogP contribution is 2.23. The lowest BCUT2D eigenvalue weighted by Crippen LogP contribution is -2.36. The molecule has 140 valence electrons. The SMILES string of the molecule is CN[C@H]1CC[C@H](Nc2nc(Cl)nc(N[C@H]3CC[C@H](NC)CC3)n2)CC1. The van der Waals surface area contributed by atoms with Crippen LogP contribution in [-0.4, -0.2) is 53.2 Å². The van der Waals surface area contributed by atoms with Gasteiger partial charge in [-0.2, -0.15) is 15.0 Å². The molecule has 0 atom stereocenters. The fourth-order valence-electron chi connectivity index (χ4n) is 3.90. The van der Waals surface area contributed by atoms with Crippen LogP contribution in [0.5, 0.6) is 0 Å². The first-order valence-corrected chi connectivity index (χ1v) is 9.83. The lowest BCUT2D eigenvalue weighted by Gasteiger charge is -2.29. The van der Waals surface area contributed by atoms with Crippen LogP contribution in [0.2, 0.25) is 5.28 Å². The van der Waals surface area contributed by atoms with E-state index in [0.717, 1.165) is 25.7 Å². The van der Waals surface area contributed by atoms with Crippen LogP contribution in [0.1, 0.15) is 51.4 Å². The van der Waals surface area contributed by atoms with Crippen molar-refractivity contribution < 1.29 is 0 Å². The molecule has 4 N–H and O–H groups in total. The molecule has 0 aliphatic heterocycles. The number of nitrogens with one attached hydrogen (secondary N) is 4. The molecule has 3 rings (SSSR count). The second-order valence-corrected chi connectivity index (χ2v) is 7.55. The van der Waals surface area contributed by atoms with Crippen molar-refractivity contribution in [1.82, 2.24) is 25.6 Å². The van der Waals surface area contributed by atoms with E-state index in [1.807, 2.05) is 14.1 Å². The van der Waals surface area contributed by atoms with Gasteiger partial charge in [0.1, 0.15) is 0 Å². The molecule has 2 aliphatic carbocycles. The highest BCUT2D eigenvalue weighted by Gasteiger charge is 2.22. The Labute approximate surface area is 155 Å². The van der Waals surface area contributed by atoms with E-state index in [0.29, 0.717) is 36.1 Å². The van der Waals surface area contributed by atoms with Crippen molar-refractivity contribution in [3.8, 4) is 0 Å². The number of aromatic nitrogens is 3. The summed E-state index contributed by atoms with van der Waals surface area (Å²) >= 11 is 6.11. The number of rotatable bonds is 6. The van der Waals surface area contributed by atoms with Gasteiger partial charge in [0.15, 0.2) is 0 Å². The molecule has 8 heteroatoms. The third-order valence-electron chi connectivity index (χ3n) is 5.55. The van der Waals surface area contributed by atoms with Crippen LogP contribution < -0.4 is 21.3 Å². The van der Waals surface area contributed by atoms with Crippen molar-refractivity contribution in [2.24, 2.45) is 0 Å². The standard InChI is InChI=1S/C17H30ClN7/c1-19-11-3-7-13(8-4-11)21-16-23-15(18)24-17(25-16)22-14-9-5-12(20-2)6-10-14/h11-14,19-20H,3-10H2,1-2H3,(H2,21,22,23,24,25)/t11-,12-,13-,14-. The van der Waals surface area contributed by atoms with Crippen molar-refractivity contribution in [2.75, 3.05) is 24.7 Å². The fourth-order valence-corrected chi connectivity index (χ4v) is 4.06. The molecule has 0 radical (unpaired) electrons. The summed E-state index contributed by atoms with van der Waals surface area (Å²) < 4.78 is 0. The summed E-state index contributed by atoms with van der Waals surface area (Å²) in [6, 6.07) is 2.07. The summed E-state index contributed by atoms with van der Waals surface area (Å²) in [5.74, 6) is 1.17. The van der Waals surface area contributed by atoms with Gasteiger partial charge < -0.3 is 21.3 Å². The average Bonchev–Trinajstić information content (AvgIpc) is 2.62. The monoisotopic (exact) mass is 367 g/mol. The summed E-state index contributed by atoms with van der Waals surface area (Å²) in [7, 11) is 4.07. The zero-order valence-electron chi connectivity index (χ0n) is 15.2. The maximum absolute atomic E-state index is 6.11. The van der Waals surface area contributed by atoms with Crippen LogP contribution in [-0.2, 0) is 0 Å². The number of anilines is 2. The van der Waals surface area contributed by atoms with Gasteiger partial charge in [0.05, 0.1) is 0 Å². The van der Waals surface area contributed by atoms with Gasteiger partial charge in [-0.05, 0) is 77.1 Å². The average molecular weight is 368 g/mol. The highest BCUT2D eigenvalue weighted by molar-refractivity contribution is 6.28. The van der Waals surface area contributed by atoms with Crippen LogP contribution in [0.4, 0.5) is 11.9 Å². The minimum atomic E-state index is 0.243. The van der Waals surface area contributed by atoms with Crippen LogP contribution in [0.15, 0.2) is 0 Å². The molecule has 1 aromatic heterocycles. The molecule has 1 aromatic rings. The molecule has 1 heterocycles. The van der Waals surface area contributed by atoms with Gasteiger partial charge in [-0.25, -0.2) is 0 Å². The lowest BCUT2D eigenvalue weighted by molar-refractivity contribution is 0.369. The van der Waals surface area contributed by atoms with E-state index in [9.17, 15) is 0 Å². The Kier molecular flexibility index (Phi) is 6.67. The van der Waals surface area contributed by atoms with Gasteiger partial charge in [0.2, 0.25) is 17.2 Å². The summed E-state index contributed by atoms with van der Waals surface area (Å²) in [4.78, 5) is 13.0. The highest BCUT2D eigenvalue weighted by atomic mass is 35.5. The predicted octanol–water partition coefficient (Wildman–Crippen LogP) is 2.41. The van der Waals surface area contributed by atoms with Crippen LogP contribution in [0.3, 0.4) is 0 Å². The molecule has 25 heavy (non-hydrogen) atoms. The van der Waals surface area contributed by atoms with E-state index in [1.165, 1.54) is 25.7 Å². The second-order valence-electron chi connectivity index (χ2n) is 7.21. The molecule has 2 aliphatic rings. The summed E-state index contributed by atoms with van der Waals surface area (Å²) in [5.41, 5.74) is 0. The smallest absolute Gasteiger partial charge is 0.229 e. The molecule has 0 saturated heterocycles. The van der Waals surface area contributed by atoms with Gasteiger partial charge in [-0.15, -0.1) is 0 Å². The fraction of sp³-hybridized carbons (Fsp3) is 0.824. The van der Waals surface area contributed by atoms with E-state index < -0.39 is 0 Å². The van der Waals surface area contributed by atoms with E-state index in [4.69, 9.17) is 11.6 Å². The molecule has 0 aromatic carbocycles. The van der Waals surface area contributed by atoms with Crippen molar-refractivity contribution >= 4 is 23.5 Å². The topological polar surface area (TPSA) is 86.8 Å². The first-order chi connectivity index (χ1) is 12.2. The molecule has 0 unspecified atom stereocenters. The molecule has 0 bridgehead atoms. The normalized spacial score (nSPS) is 30.0. The second kappa shape index (κ2) is 8.96. The van der Waals surface area contributed by atoms with E-state index in [-0.39, 0.29) is 5.28 Å². The maximum Gasteiger partial charge on any atom is 0.229 e. The zero-order valence-corrected chi connectivity index (χ0v) is 15.9. The molecule has 0 spiro atoms. The van der Waals surface area contributed by atoms with Crippen LogP contribution >= 0.6 is 11.6 Å². The van der Waals surface area contributed by atoms with Crippen molar-refractivity contribution in [3.05, 3.63) is 5.28 Å². The molecular formula is C17H30ClN7.